The predicted octanol–water partition coefficient (Wildman–Crippen LogP) is 2.16. The molecule has 0 aliphatic heterocycles. The highest BCUT2D eigenvalue weighted by molar-refractivity contribution is 7.39. The van der Waals surface area contributed by atoms with Crippen molar-refractivity contribution in [2.75, 3.05) is 12.8 Å². The van der Waals surface area contributed by atoms with E-state index in [2.05, 4.69) is 13.8 Å². The van der Waals surface area contributed by atoms with Gasteiger partial charge >= 0.3 is 23.1 Å². The molecule has 0 spiro atoms. The van der Waals surface area contributed by atoms with Gasteiger partial charge in [0.05, 0.1) is 6.61 Å². The fraction of sp³-hybridized carbons (Fsp3) is 1.00. The summed E-state index contributed by atoms with van der Waals surface area (Å²) >= 11 is 0. The van der Waals surface area contributed by atoms with Gasteiger partial charge in [0.1, 0.15) is 0 Å². The van der Waals surface area contributed by atoms with Crippen molar-refractivity contribution in [2.24, 2.45) is 0 Å². The summed E-state index contributed by atoms with van der Waals surface area (Å²) in [5, 5.41) is 0. The zero-order chi connectivity index (χ0) is 8.53. The molecule has 72 valence electrons. The summed E-state index contributed by atoms with van der Waals surface area (Å²) in [5.41, 5.74) is 0. The Morgan fingerprint density at radius 3 is 2.25 bits per heavy atom. The minimum atomic E-state index is -1.67. The quantitative estimate of drug-likeness (QED) is 0.361. The molecule has 0 bridgehead atoms. The predicted molar refractivity (Wildman–Crippen MR) is 58.2 cm³/mol. The molecule has 1 atom stereocenters. The maximum Gasteiger partial charge on any atom is 0.316 e. The molecule has 0 N–H and O–H groups in total. The van der Waals surface area contributed by atoms with Crippen molar-refractivity contribution in [3.8, 4) is 0 Å². The molecule has 0 aliphatic rings. The lowest BCUT2D eigenvalue weighted by Crippen LogP contribution is -1.87. The number of unbranched alkanes of at least 4 members (excludes halogenated alkanes) is 2. The maximum absolute atomic E-state index is 11.0. The monoisotopic (exact) mass is 204 g/mol. The van der Waals surface area contributed by atoms with E-state index in [4.69, 9.17) is 4.52 Å². The molecule has 0 saturated heterocycles. The van der Waals surface area contributed by atoms with Crippen LogP contribution in [0.2, 0.25) is 0 Å². The molecule has 0 aromatic heterocycles. The Hall–Kier alpha value is 0.956. The summed E-state index contributed by atoms with van der Waals surface area (Å²) in [4.78, 5) is 0. The Kier molecular flexibility index (Phi) is 15.4. The first-order valence-electron chi connectivity index (χ1n) is 4.46. The van der Waals surface area contributed by atoms with Crippen LogP contribution in [-0.2, 0) is 9.09 Å². The summed E-state index contributed by atoms with van der Waals surface area (Å²) in [6.45, 7) is 4.88. The van der Waals surface area contributed by atoms with Gasteiger partial charge in [-0.1, -0.05) is 26.7 Å². The Morgan fingerprint density at radius 2 is 1.75 bits per heavy atom. The van der Waals surface area contributed by atoms with Crippen molar-refractivity contribution in [1.29, 1.82) is 0 Å². The largest absolute Gasteiger partial charge is 0.330 e. The molecule has 0 radical (unpaired) electrons. The molecule has 4 heteroatoms. The molecule has 0 rings (SSSR count). The Morgan fingerprint density at radius 1 is 1.17 bits per heavy atom. The van der Waals surface area contributed by atoms with E-state index in [1.165, 1.54) is 0 Å². The number of hydrogen-bond donors (Lipinski definition) is 0. The van der Waals surface area contributed by atoms with E-state index < -0.39 is 8.03 Å². The Bertz CT molecular complexity index is 109. The van der Waals surface area contributed by atoms with Crippen molar-refractivity contribution >= 4 is 31.1 Å². The van der Waals surface area contributed by atoms with Crippen LogP contribution in [0.3, 0.4) is 0 Å². The van der Waals surface area contributed by atoms with E-state index in [1.807, 2.05) is 0 Å². The van der Waals surface area contributed by atoms with Gasteiger partial charge in [-0.25, -0.2) is 0 Å². The third-order valence-corrected chi connectivity index (χ3v) is 2.78. The van der Waals surface area contributed by atoms with E-state index in [0.29, 0.717) is 6.61 Å². The lowest BCUT2D eigenvalue weighted by molar-refractivity contribution is 0.320. The lowest BCUT2D eigenvalue weighted by atomic mass is 10.4. The standard InChI is InChI=1S/C8H19O2P.Mg.2H/c1-3-5-7-10-11(9)8-6-4-2;;;/h11H,3-8H2,1-2H3;;;. The third-order valence-electron chi connectivity index (χ3n) is 1.50. The van der Waals surface area contributed by atoms with Crippen molar-refractivity contribution in [2.45, 2.75) is 39.5 Å². The van der Waals surface area contributed by atoms with Crippen molar-refractivity contribution in [1.82, 2.24) is 0 Å². The first kappa shape index (κ1) is 15.4. The molecule has 0 aromatic rings. The molecule has 0 heterocycles. The summed E-state index contributed by atoms with van der Waals surface area (Å²) in [6.07, 6.45) is 5.05. The fourth-order valence-corrected chi connectivity index (χ4v) is 1.88. The highest BCUT2D eigenvalue weighted by atomic mass is 31.1. The van der Waals surface area contributed by atoms with Gasteiger partial charge in [0.25, 0.3) is 0 Å². The van der Waals surface area contributed by atoms with Crippen LogP contribution in [0.15, 0.2) is 0 Å². The van der Waals surface area contributed by atoms with Gasteiger partial charge in [0, 0.05) is 6.16 Å². The summed E-state index contributed by atoms with van der Waals surface area (Å²) in [7, 11) is -1.67. The van der Waals surface area contributed by atoms with Crippen LogP contribution in [0, 0.1) is 0 Å². The van der Waals surface area contributed by atoms with Gasteiger partial charge < -0.3 is 4.52 Å². The van der Waals surface area contributed by atoms with E-state index >= 15 is 0 Å². The second-order valence-electron chi connectivity index (χ2n) is 2.68. The first-order valence-corrected chi connectivity index (χ1v) is 5.99. The van der Waals surface area contributed by atoms with Crippen LogP contribution in [0.4, 0.5) is 0 Å². The molecule has 12 heavy (non-hydrogen) atoms. The minimum Gasteiger partial charge on any atom is -0.330 e. The molecular weight excluding hydrogens is 183 g/mol. The summed E-state index contributed by atoms with van der Waals surface area (Å²) in [5.74, 6) is 0. The highest BCUT2D eigenvalue weighted by Crippen LogP contribution is 2.23. The normalized spacial score (nSPS) is 12.2. The second-order valence-corrected chi connectivity index (χ2v) is 4.21. The highest BCUT2D eigenvalue weighted by Gasteiger charge is 1.96. The van der Waals surface area contributed by atoms with E-state index in [-0.39, 0.29) is 23.1 Å². The van der Waals surface area contributed by atoms with Gasteiger partial charge in [-0.05, 0) is 12.8 Å². The fourth-order valence-electron chi connectivity index (χ4n) is 0.724. The molecule has 0 saturated carbocycles. The van der Waals surface area contributed by atoms with Crippen LogP contribution in [0.25, 0.3) is 0 Å². The van der Waals surface area contributed by atoms with Crippen LogP contribution in [0.5, 0.6) is 0 Å². The Labute approximate surface area is 92.5 Å². The maximum atomic E-state index is 11.0. The Balaban J connectivity index is 0. The van der Waals surface area contributed by atoms with Gasteiger partial charge in [-0.15, -0.1) is 0 Å². The third kappa shape index (κ3) is 11.0. The van der Waals surface area contributed by atoms with Crippen LogP contribution >= 0.6 is 8.03 Å². The van der Waals surface area contributed by atoms with E-state index in [1.54, 1.807) is 0 Å². The molecule has 0 aliphatic carbocycles. The van der Waals surface area contributed by atoms with Gasteiger partial charge in [-0.3, -0.25) is 4.57 Å². The SMILES string of the molecule is CCCCO[PH](=O)CCCC.[MgH2]. The topological polar surface area (TPSA) is 26.3 Å². The van der Waals surface area contributed by atoms with Crippen LogP contribution in [-0.4, -0.2) is 35.8 Å². The van der Waals surface area contributed by atoms with Crippen molar-refractivity contribution in [3.63, 3.8) is 0 Å². The van der Waals surface area contributed by atoms with Crippen molar-refractivity contribution in [3.05, 3.63) is 0 Å². The number of hydrogen-bond acceptors (Lipinski definition) is 2. The summed E-state index contributed by atoms with van der Waals surface area (Å²) in [6, 6.07) is 0. The van der Waals surface area contributed by atoms with E-state index in [9.17, 15) is 4.57 Å². The average Bonchev–Trinajstić information content (AvgIpc) is 2.01. The van der Waals surface area contributed by atoms with Gasteiger partial charge in [0.2, 0.25) is 0 Å². The zero-order valence-electron chi connectivity index (χ0n) is 7.56. The second kappa shape index (κ2) is 12.0. The van der Waals surface area contributed by atoms with Crippen molar-refractivity contribution < 1.29 is 9.09 Å². The molecule has 0 amide bonds. The molecule has 1 unspecified atom stereocenters. The first-order chi connectivity index (χ1) is 5.31. The number of rotatable bonds is 7. The molecule has 0 fully saturated rings. The smallest absolute Gasteiger partial charge is 0.316 e. The minimum absolute atomic E-state index is 0. The zero-order valence-corrected chi connectivity index (χ0v) is 8.56. The van der Waals surface area contributed by atoms with Gasteiger partial charge in [0.15, 0.2) is 8.03 Å². The van der Waals surface area contributed by atoms with Crippen LogP contribution < -0.4 is 0 Å². The lowest BCUT2D eigenvalue weighted by Gasteiger charge is -2.01. The molecule has 0 aromatic carbocycles. The van der Waals surface area contributed by atoms with Crippen LogP contribution in [0.1, 0.15) is 39.5 Å². The van der Waals surface area contributed by atoms with E-state index in [0.717, 1.165) is 31.8 Å². The van der Waals surface area contributed by atoms with Gasteiger partial charge in [-0.2, -0.15) is 0 Å². The molecular formula is C8H21MgO2P. The summed E-state index contributed by atoms with van der Waals surface area (Å²) < 4.78 is 16.2. The average molecular weight is 205 g/mol. The molecule has 2 nitrogen and oxygen atoms in total.